The lowest BCUT2D eigenvalue weighted by Crippen LogP contribution is -2.47. The molecule has 0 radical (unpaired) electrons. The van der Waals surface area contributed by atoms with E-state index in [1.54, 1.807) is 13.8 Å². The van der Waals surface area contributed by atoms with Crippen molar-refractivity contribution in [2.45, 2.75) is 38.3 Å². The summed E-state index contributed by atoms with van der Waals surface area (Å²) in [5.74, 6) is -0.689. The summed E-state index contributed by atoms with van der Waals surface area (Å²) in [6, 6.07) is 2.27. The fourth-order valence-corrected chi connectivity index (χ4v) is 1.68. The molecule has 1 atom stereocenters. The summed E-state index contributed by atoms with van der Waals surface area (Å²) >= 11 is 0. The third-order valence-corrected chi connectivity index (χ3v) is 2.60. The Morgan fingerprint density at radius 2 is 1.76 bits per heavy atom. The van der Waals surface area contributed by atoms with E-state index in [1.807, 2.05) is 0 Å². The number of nitrogens with zero attached hydrogens (tertiary/aromatic N) is 1. The Hall–Kier alpha value is -1.51. The van der Waals surface area contributed by atoms with Crippen LogP contribution in [-0.4, -0.2) is 30.0 Å². The zero-order chi connectivity index (χ0) is 16.3. The van der Waals surface area contributed by atoms with Crippen molar-refractivity contribution in [2.75, 3.05) is 6.54 Å². The lowest BCUT2D eigenvalue weighted by atomic mass is 10.1. The molecule has 0 spiro atoms. The standard InChI is InChI=1S/C12H14F6N2O/c1-3-19-7(2)8-5-4-6-20-9(8)21-10(11(13,14)15)12(16,17)18/h4-7,10,19H,3H2,1-2H3. The van der Waals surface area contributed by atoms with Gasteiger partial charge in [0.25, 0.3) is 6.10 Å². The maximum atomic E-state index is 12.5. The van der Waals surface area contributed by atoms with Crippen LogP contribution in [0, 0.1) is 0 Å². The molecule has 1 heterocycles. The van der Waals surface area contributed by atoms with Gasteiger partial charge in [0, 0.05) is 17.8 Å². The summed E-state index contributed by atoms with van der Waals surface area (Å²) in [5.41, 5.74) is 0.123. The van der Waals surface area contributed by atoms with Gasteiger partial charge in [0.2, 0.25) is 5.88 Å². The average Bonchev–Trinajstić information content (AvgIpc) is 2.34. The zero-order valence-electron chi connectivity index (χ0n) is 11.2. The van der Waals surface area contributed by atoms with Gasteiger partial charge >= 0.3 is 12.4 Å². The molecule has 0 aliphatic carbocycles. The summed E-state index contributed by atoms with van der Waals surface area (Å²) in [7, 11) is 0. The molecule has 9 heteroatoms. The summed E-state index contributed by atoms with van der Waals surface area (Å²) in [5, 5.41) is 2.87. The molecule has 0 aliphatic rings. The first kappa shape index (κ1) is 17.5. The number of hydrogen-bond donors (Lipinski definition) is 1. The first-order valence-corrected chi connectivity index (χ1v) is 6.05. The Bertz CT molecular complexity index is 446. The van der Waals surface area contributed by atoms with Crippen LogP contribution in [0.5, 0.6) is 5.88 Å². The lowest BCUT2D eigenvalue weighted by molar-refractivity contribution is -0.300. The second-order valence-electron chi connectivity index (χ2n) is 4.26. The maximum Gasteiger partial charge on any atom is 0.434 e. The van der Waals surface area contributed by atoms with Gasteiger partial charge in [-0.2, -0.15) is 26.3 Å². The molecule has 0 bridgehead atoms. The van der Waals surface area contributed by atoms with Crippen molar-refractivity contribution >= 4 is 0 Å². The van der Waals surface area contributed by atoms with Crippen LogP contribution >= 0.6 is 0 Å². The molecular weight excluding hydrogens is 302 g/mol. The molecule has 120 valence electrons. The van der Waals surface area contributed by atoms with Crippen molar-refractivity contribution in [3.63, 3.8) is 0 Å². The van der Waals surface area contributed by atoms with Gasteiger partial charge in [0.15, 0.2) is 0 Å². The normalized spacial score (nSPS) is 14.3. The van der Waals surface area contributed by atoms with Crippen molar-refractivity contribution in [1.82, 2.24) is 10.3 Å². The molecule has 0 saturated heterocycles. The van der Waals surface area contributed by atoms with Gasteiger partial charge < -0.3 is 10.1 Å². The first-order valence-electron chi connectivity index (χ1n) is 6.05. The molecule has 1 aromatic heterocycles. The molecule has 0 aromatic carbocycles. The second kappa shape index (κ2) is 6.50. The van der Waals surface area contributed by atoms with Crippen molar-refractivity contribution in [1.29, 1.82) is 0 Å². The van der Waals surface area contributed by atoms with E-state index >= 15 is 0 Å². The highest BCUT2D eigenvalue weighted by Gasteiger charge is 2.59. The highest BCUT2D eigenvalue weighted by Crippen LogP contribution is 2.37. The Morgan fingerprint density at radius 1 is 1.19 bits per heavy atom. The SMILES string of the molecule is CCNC(C)c1cccnc1OC(C(F)(F)F)C(F)(F)F. The van der Waals surface area contributed by atoms with Crippen molar-refractivity contribution in [3.05, 3.63) is 23.9 Å². The van der Waals surface area contributed by atoms with E-state index in [-0.39, 0.29) is 5.56 Å². The summed E-state index contributed by atoms with van der Waals surface area (Å²) < 4.78 is 79.1. The minimum absolute atomic E-state index is 0.123. The number of hydrogen-bond acceptors (Lipinski definition) is 3. The van der Waals surface area contributed by atoms with E-state index in [0.717, 1.165) is 6.20 Å². The molecule has 0 aliphatic heterocycles. The predicted molar refractivity (Wildman–Crippen MR) is 62.9 cm³/mol. The fraction of sp³-hybridized carbons (Fsp3) is 0.583. The Balaban J connectivity index is 3.11. The molecule has 0 fully saturated rings. The number of rotatable bonds is 5. The number of aromatic nitrogens is 1. The van der Waals surface area contributed by atoms with Gasteiger partial charge in [-0.1, -0.05) is 13.0 Å². The Morgan fingerprint density at radius 3 is 2.24 bits per heavy atom. The summed E-state index contributed by atoms with van der Waals surface area (Å²) in [6.07, 6.45) is -14.0. The summed E-state index contributed by atoms with van der Waals surface area (Å²) in [6.45, 7) is 3.82. The van der Waals surface area contributed by atoms with Crippen molar-refractivity contribution in [2.24, 2.45) is 0 Å². The van der Waals surface area contributed by atoms with E-state index in [4.69, 9.17) is 0 Å². The van der Waals surface area contributed by atoms with Crippen LogP contribution in [0.1, 0.15) is 25.5 Å². The average molecular weight is 316 g/mol. The third kappa shape index (κ3) is 4.76. The van der Waals surface area contributed by atoms with Crippen LogP contribution < -0.4 is 10.1 Å². The van der Waals surface area contributed by atoms with Crippen molar-refractivity contribution < 1.29 is 31.1 Å². The maximum absolute atomic E-state index is 12.5. The largest absolute Gasteiger partial charge is 0.454 e. The van der Waals surface area contributed by atoms with Gasteiger partial charge in [-0.15, -0.1) is 0 Å². The predicted octanol–water partition coefficient (Wildman–Crippen LogP) is 3.62. The zero-order valence-corrected chi connectivity index (χ0v) is 11.2. The quantitative estimate of drug-likeness (QED) is 0.843. The number of pyridine rings is 1. The molecular formula is C12H14F6N2O. The minimum Gasteiger partial charge on any atom is -0.454 e. The van der Waals surface area contributed by atoms with E-state index in [2.05, 4.69) is 15.0 Å². The number of nitrogens with one attached hydrogen (secondary N) is 1. The molecule has 21 heavy (non-hydrogen) atoms. The molecule has 0 saturated carbocycles. The Kier molecular flexibility index (Phi) is 5.43. The summed E-state index contributed by atoms with van der Waals surface area (Å²) in [4.78, 5) is 3.49. The minimum atomic E-state index is -5.57. The highest BCUT2D eigenvalue weighted by molar-refractivity contribution is 5.29. The van der Waals surface area contributed by atoms with E-state index in [9.17, 15) is 26.3 Å². The number of alkyl halides is 6. The topological polar surface area (TPSA) is 34.2 Å². The van der Waals surface area contributed by atoms with Crippen molar-refractivity contribution in [3.8, 4) is 5.88 Å². The van der Waals surface area contributed by atoms with Gasteiger partial charge in [0.1, 0.15) is 0 Å². The molecule has 3 nitrogen and oxygen atoms in total. The van der Waals surface area contributed by atoms with Crippen LogP contribution in [0.3, 0.4) is 0 Å². The number of ether oxygens (including phenoxy) is 1. The van der Waals surface area contributed by atoms with Gasteiger partial charge in [0.05, 0.1) is 0 Å². The van der Waals surface area contributed by atoms with Crippen LogP contribution in [0.2, 0.25) is 0 Å². The molecule has 0 amide bonds. The molecule has 1 N–H and O–H groups in total. The van der Waals surface area contributed by atoms with Gasteiger partial charge in [-0.3, -0.25) is 0 Å². The molecule has 1 unspecified atom stereocenters. The Labute approximate surface area is 117 Å². The smallest absolute Gasteiger partial charge is 0.434 e. The van der Waals surface area contributed by atoms with E-state index in [1.165, 1.54) is 12.1 Å². The first-order chi connectivity index (χ1) is 9.57. The highest BCUT2D eigenvalue weighted by atomic mass is 19.4. The fourth-order valence-electron chi connectivity index (χ4n) is 1.68. The molecule has 1 aromatic rings. The monoisotopic (exact) mass is 316 g/mol. The number of halogens is 6. The second-order valence-corrected chi connectivity index (χ2v) is 4.26. The third-order valence-electron chi connectivity index (χ3n) is 2.60. The van der Waals surface area contributed by atoms with Crippen LogP contribution in [-0.2, 0) is 0 Å². The van der Waals surface area contributed by atoms with Crippen LogP contribution in [0.25, 0.3) is 0 Å². The van der Waals surface area contributed by atoms with Gasteiger partial charge in [-0.05, 0) is 19.5 Å². The van der Waals surface area contributed by atoms with E-state index in [0.29, 0.717) is 6.54 Å². The molecule has 1 rings (SSSR count). The van der Waals surface area contributed by atoms with Gasteiger partial charge in [-0.25, -0.2) is 4.98 Å². The van der Waals surface area contributed by atoms with E-state index < -0.39 is 30.4 Å². The van der Waals surface area contributed by atoms with Crippen LogP contribution in [0.4, 0.5) is 26.3 Å². The van der Waals surface area contributed by atoms with Crippen LogP contribution in [0.15, 0.2) is 18.3 Å². The lowest BCUT2D eigenvalue weighted by Gasteiger charge is -2.25.